The largest absolute Gasteiger partial charge is 0.456 e. The molecule has 0 spiro atoms. The lowest BCUT2D eigenvalue weighted by Crippen LogP contribution is -2.72. The van der Waals surface area contributed by atoms with Crippen LogP contribution >= 0.6 is 0 Å². The zero-order valence-electron chi connectivity index (χ0n) is 18.5. The Bertz CT molecular complexity index is 1030. The number of methoxy groups -OCH3 is 1. The number of amides is 2. The molecule has 0 aromatic heterocycles. The summed E-state index contributed by atoms with van der Waals surface area (Å²) < 4.78 is 23.8. The number of ether oxygens (including phenoxy) is 2. The number of benzene rings is 1. The molecule has 0 aliphatic carbocycles. The summed E-state index contributed by atoms with van der Waals surface area (Å²) in [4.78, 5) is 48.8. The quantitative estimate of drug-likeness (QED) is 0.228. The number of nitro groups is 1. The van der Waals surface area contributed by atoms with Crippen LogP contribution in [-0.4, -0.2) is 62.9 Å². The van der Waals surface area contributed by atoms with Crippen molar-refractivity contribution in [2.24, 2.45) is 0 Å². The third kappa shape index (κ3) is 4.53. The smallest absolute Gasteiger partial charge is 0.356 e. The molecule has 1 aromatic rings. The molecule has 3 rings (SSSR count). The van der Waals surface area contributed by atoms with Gasteiger partial charge in [-0.3, -0.25) is 28.8 Å². The number of fused-ring (bicyclic) bond motifs is 1. The second kappa shape index (κ2) is 9.79. The molecule has 2 amide bonds. The van der Waals surface area contributed by atoms with Crippen molar-refractivity contribution < 1.29 is 33.0 Å². The van der Waals surface area contributed by atoms with Crippen LogP contribution in [0, 0.1) is 10.1 Å². The summed E-state index contributed by atoms with van der Waals surface area (Å²) in [7, 11) is -0.205. The Morgan fingerprint density at radius 2 is 2.00 bits per heavy atom. The Morgan fingerprint density at radius 1 is 1.33 bits per heavy atom. The van der Waals surface area contributed by atoms with E-state index in [1.807, 2.05) is 0 Å². The molecule has 178 valence electrons. The van der Waals surface area contributed by atoms with E-state index in [1.165, 1.54) is 43.2 Å². The number of hydrogen-bond acceptors (Lipinski definition) is 8. The first-order chi connectivity index (χ1) is 15.7. The number of nitrogens with zero attached hydrogens (tertiary/aromatic N) is 2. The highest BCUT2D eigenvalue weighted by molar-refractivity contribution is 7.89. The lowest BCUT2D eigenvalue weighted by atomic mass is 9.80. The van der Waals surface area contributed by atoms with E-state index in [1.54, 1.807) is 6.92 Å². The fourth-order valence-electron chi connectivity index (χ4n) is 4.09. The Morgan fingerprint density at radius 3 is 2.55 bits per heavy atom. The number of rotatable bonds is 10. The lowest BCUT2D eigenvalue weighted by Gasteiger charge is -2.51. The third-order valence-electron chi connectivity index (χ3n) is 5.85. The minimum atomic E-state index is -1.63. The third-order valence-corrected chi connectivity index (χ3v) is 7.34. The van der Waals surface area contributed by atoms with Gasteiger partial charge in [0.05, 0.1) is 21.8 Å². The summed E-state index contributed by atoms with van der Waals surface area (Å²) in [6.07, 6.45) is 0.586. The van der Waals surface area contributed by atoms with Crippen LogP contribution in [0.2, 0.25) is 0 Å². The van der Waals surface area contributed by atoms with Gasteiger partial charge >= 0.3 is 5.97 Å². The zero-order valence-corrected chi connectivity index (χ0v) is 19.3. The highest BCUT2D eigenvalue weighted by atomic mass is 32.2. The van der Waals surface area contributed by atoms with E-state index < -0.39 is 39.2 Å². The van der Waals surface area contributed by atoms with Crippen molar-refractivity contribution in [2.75, 3.05) is 19.4 Å². The molecule has 0 bridgehead atoms. The number of esters is 1. The molecule has 1 saturated heterocycles. The molecule has 2 aliphatic heterocycles. The Labute approximate surface area is 192 Å². The van der Waals surface area contributed by atoms with Crippen molar-refractivity contribution in [1.82, 2.24) is 10.2 Å². The van der Waals surface area contributed by atoms with Crippen LogP contribution < -0.4 is 5.32 Å². The van der Waals surface area contributed by atoms with Crippen LogP contribution in [0.25, 0.3) is 0 Å². The van der Waals surface area contributed by atoms with Gasteiger partial charge in [0.15, 0.2) is 5.60 Å². The van der Waals surface area contributed by atoms with Gasteiger partial charge in [-0.2, -0.15) is 0 Å². The van der Waals surface area contributed by atoms with Gasteiger partial charge in [-0.15, -0.1) is 0 Å². The second-order valence-electron chi connectivity index (χ2n) is 7.65. The average Bonchev–Trinajstić information content (AvgIpc) is 3.16. The second-order valence-corrected chi connectivity index (χ2v) is 9.24. The van der Waals surface area contributed by atoms with E-state index in [-0.39, 0.29) is 47.5 Å². The number of nitro benzene ring substituents is 1. The van der Waals surface area contributed by atoms with Crippen molar-refractivity contribution in [1.29, 1.82) is 0 Å². The molecular weight excluding hydrogens is 454 g/mol. The van der Waals surface area contributed by atoms with E-state index in [0.29, 0.717) is 12.0 Å². The lowest BCUT2D eigenvalue weighted by molar-refractivity contribution is -0.384. The maximum absolute atomic E-state index is 13.0. The van der Waals surface area contributed by atoms with Crippen molar-refractivity contribution in [3.63, 3.8) is 0 Å². The van der Waals surface area contributed by atoms with Gasteiger partial charge in [-0.25, -0.2) is 4.79 Å². The van der Waals surface area contributed by atoms with Gasteiger partial charge in [0.25, 0.3) is 11.6 Å². The molecule has 1 fully saturated rings. The number of hydrogen-bond donors (Lipinski definition) is 1. The van der Waals surface area contributed by atoms with Gasteiger partial charge in [-0.1, -0.05) is 6.92 Å². The first-order valence-electron chi connectivity index (χ1n) is 10.3. The number of nitrogens with one attached hydrogen (secondary N) is 1. The molecular formula is C21H25N3O8S. The summed E-state index contributed by atoms with van der Waals surface area (Å²) >= 11 is 0. The van der Waals surface area contributed by atoms with Gasteiger partial charge in [0.2, 0.25) is 5.91 Å². The highest BCUT2D eigenvalue weighted by Crippen LogP contribution is 2.49. The fourth-order valence-corrected chi connectivity index (χ4v) is 5.37. The van der Waals surface area contributed by atoms with Gasteiger partial charge in [-0.05, 0) is 24.1 Å². The van der Waals surface area contributed by atoms with Gasteiger partial charge in [0, 0.05) is 49.8 Å². The number of β-lactam (4-membered cyclic amide) rings is 1. The minimum Gasteiger partial charge on any atom is -0.456 e. The Hall–Kier alpha value is -3.12. The molecule has 33 heavy (non-hydrogen) atoms. The summed E-state index contributed by atoms with van der Waals surface area (Å²) in [5.74, 6) is -1.39. The number of carbonyl (C=O) groups is 3. The zero-order chi connectivity index (χ0) is 24.3. The highest BCUT2D eigenvalue weighted by Gasteiger charge is 2.66. The van der Waals surface area contributed by atoms with Crippen LogP contribution in [-0.2, 0) is 41.3 Å². The predicted octanol–water partition coefficient (Wildman–Crippen LogP) is 1.14. The van der Waals surface area contributed by atoms with Crippen LogP contribution in [0.1, 0.15) is 32.3 Å². The first-order valence-corrected chi connectivity index (χ1v) is 11.6. The van der Waals surface area contributed by atoms with Crippen LogP contribution in [0.5, 0.6) is 0 Å². The van der Waals surface area contributed by atoms with E-state index in [2.05, 4.69) is 5.32 Å². The van der Waals surface area contributed by atoms with Crippen LogP contribution in [0.15, 0.2) is 34.9 Å². The molecule has 2 heterocycles. The van der Waals surface area contributed by atoms with Gasteiger partial charge < -0.3 is 14.8 Å². The molecule has 0 saturated carbocycles. The van der Waals surface area contributed by atoms with Crippen LogP contribution in [0.4, 0.5) is 5.69 Å². The van der Waals surface area contributed by atoms with Crippen LogP contribution in [0.3, 0.4) is 0 Å². The van der Waals surface area contributed by atoms with Crippen molar-refractivity contribution >= 4 is 34.3 Å². The monoisotopic (exact) mass is 479 g/mol. The first kappa shape index (κ1) is 24.5. The summed E-state index contributed by atoms with van der Waals surface area (Å²) in [5.41, 5.74) is -0.723. The minimum absolute atomic E-state index is 0.0609. The predicted molar refractivity (Wildman–Crippen MR) is 117 cm³/mol. The fraction of sp³-hybridized carbons (Fsp3) is 0.476. The summed E-state index contributed by atoms with van der Waals surface area (Å²) in [6, 6.07) is 5.05. The molecule has 1 N–H and O–H groups in total. The van der Waals surface area contributed by atoms with Gasteiger partial charge in [0.1, 0.15) is 12.3 Å². The molecule has 3 unspecified atom stereocenters. The molecule has 11 nitrogen and oxygen atoms in total. The SMILES string of the molecule is CCC1(OC)C(=O)N2C(C(=O)OCc3ccc([N+](=O)[O-])cc3)=C(S(=O)CCNC(C)=O)CC21. The van der Waals surface area contributed by atoms with E-state index >= 15 is 0 Å². The average molecular weight is 480 g/mol. The molecule has 3 atom stereocenters. The topological polar surface area (TPSA) is 145 Å². The molecule has 0 radical (unpaired) electrons. The Kier molecular flexibility index (Phi) is 7.28. The Balaban J connectivity index is 1.80. The van der Waals surface area contributed by atoms with Crippen molar-refractivity contribution in [2.45, 2.75) is 44.9 Å². The van der Waals surface area contributed by atoms with Crippen molar-refractivity contribution in [3.05, 3.63) is 50.5 Å². The maximum Gasteiger partial charge on any atom is 0.356 e. The summed E-state index contributed by atoms with van der Waals surface area (Å²) in [5, 5.41) is 13.3. The number of non-ortho nitro benzene ring substituents is 1. The molecule has 12 heteroatoms. The maximum atomic E-state index is 13.0. The molecule has 1 aromatic carbocycles. The standard InChI is InChI=1S/C21H25N3O8S/c1-4-21(31-3)17-11-16(33(30)10-9-22-13(2)25)18(23(17)20(21)27)19(26)32-12-14-5-7-15(8-6-14)24(28)29/h5-8,17H,4,9-12H2,1-3H3,(H,22,25). The molecule has 2 aliphatic rings. The normalized spacial score (nSPS) is 22.5. The van der Waals surface area contributed by atoms with E-state index in [9.17, 15) is 28.7 Å². The van der Waals surface area contributed by atoms with Crippen molar-refractivity contribution in [3.8, 4) is 0 Å². The number of carbonyl (C=O) groups excluding carboxylic acids is 3. The van der Waals surface area contributed by atoms with E-state index in [4.69, 9.17) is 9.47 Å². The summed E-state index contributed by atoms with van der Waals surface area (Å²) in [6.45, 7) is 3.12. The van der Waals surface area contributed by atoms with E-state index in [0.717, 1.165) is 0 Å².